The van der Waals surface area contributed by atoms with Gasteiger partial charge >= 0.3 is 0 Å². The summed E-state index contributed by atoms with van der Waals surface area (Å²) in [5, 5.41) is 12.2. The molecule has 4 nitrogen and oxygen atoms in total. The number of methoxy groups -OCH3 is 1. The van der Waals surface area contributed by atoms with Crippen molar-refractivity contribution in [3.63, 3.8) is 0 Å². The van der Waals surface area contributed by atoms with E-state index < -0.39 is 0 Å². The standard InChI is InChI=1S/C16H13NO3/c1-3-11-5-4-6-13(9-11)17-16(19)12-7-8-14(18)15(10-12)20-2/h1,4-10,18H,2H3,(H,17,19). The minimum Gasteiger partial charge on any atom is -0.504 e. The van der Waals surface area contributed by atoms with Crippen molar-refractivity contribution < 1.29 is 14.6 Å². The molecule has 0 fully saturated rings. The number of benzene rings is 2. The van der Waals surface area contributed by atoms with E-state index in [4.69, 9.17) is 11.2 Å². The quantitative estimate of drug-likeness (QED) is 0.840. The first-order chi connectivity index (χ1) is 9.63. The third-order valence-corrected chi connectivity index (χ3v) is 2.73. The summed E-state index contributed by atoms with van der Waals surface area (Å²) in [5.41, 5.74) is 1.68. The fraction of sp³-hybridized carbons (Fsp3) is 0.0625. The maximum atomic E-state index is 12.1. The molecule has 2 rings (SSSR count). The van der Waals surface area contributed by atoms with Crippen LogP contribution in [-0.2, 0) is 0 Å². The predicted octanol–water partition coefficient (Wildman–Crippen LogP) is 2.63. The molecule has 0 unspecified atom stereocenters. The van der Waals surface area contributed by atoms with Gasteiger partial charge in [0.05, 0.1) is 7.11 Å². The van der Waals surface area contributed by atoms with Gasteiger partial charge in [-0.1, -0.05) is 12.0 Å². The molecule has 0 aliphatic heterocycles. The van der Waals surface area contributed by atoms with Gasteiger partial charge in [-0.2, -0.15) is 0 Å². The van der Waals surface area contributed by atoms with E-state index in [2.05, 4.69) is 11.2 Å². The summed E-state index contributed by atoms with van der Waals surface area (Å²) in [6.45, 7) is 0. The number of nitrogens with one attached hydrogen (secondary N) is 1. The van der Waals surface area contributed by atoms with Gasteiger partial charge in [-0.25, -0.2) is 0 Å². The normalized spacial score (nSPS) is 9.60. The number of phenols is 1. The van der Waals surface area contributed by atoms with Crippen LogP contribution in [0.5, 0.6) is 11.5 Å². The first-order valence-corrected chi connectivity index (χ1v) is 5.89. The highest BCUT2D eigenvalue weighted by molar-refractivity contribution is 6.04. The molecule has 0 saturated heterocycles. The Morgan fingerprint density at radius 2 is 2.10 bits per heavy atom. The Morgan fingerprint density at radius 3 is 2.80 bits per heavy atom. The van der Waals surface area contributed by atoms with Crippen LogP contribution in [0.15, 0.2) is 42.5 Å². The molecule has 2 N–H and O–H groups in total. The molecular weight excluding hydrogens is 254 g/mol. The van der Waals surface area contributed by atoms with Crippen LogP contribution < -0.4 is 10.1 Å². The smallest absolute Gasteiger partial charge is 0.255 e. The van der Waals surface area contributed by atoms with Gasteiger partial charge in [0, 0.05) is 16.8 Å². The molecule has 2 aromatic carbocycles. The van der Waals surface area contributed by atoms with Crippen LogP contribution in [0.25, 0.3) is 0 Å². The number of hydrogen-bond acceptors (Lipinski definition) is 3. The number of ether oxygens (including phenoxy) is 1. The highest BCUT2D eigenvalue weighted by atomic mass is 16.5. The Bertz CT molecular complexity index is 686. The Hall–Kier alpha value is -2.93. The largest absolute Gasteiger partial charge is 0.504 e. The molecule has 1 amide bonds. The van der Waals surface area contributed by atoms with Gasteiger partial charge in [0.1, 0.15) is 0 Å². The van der Waals surface area contributed by atoms with Crippen LogP contribution in [0.1, 0.15) is 15.9 Å². The lowest BCUT2D eigenvalue weighted by atomic mass is 10.1. The first-order valence-electron chi connectivity index (χ1n) is 5.89. The lowest BCUT2D eigenvalue weighted by molar-refractivity contribution is 0.102. The van der Waals surface area contributed by atoms with Crippen molar-refractivity contribution in [1.29, 1.82) is 0 Å². The number of terminal acetylenes is 1. The molecular formula is C16H13NO3. The maximum absolute atomic E-state index is 12.1. The third-order valence-electron chi connectivity index (χ3n) is 2.73. The SMILES string of the molecule is C#Cc1cccc(NC(=O)c2ccc(O)c(OC)c2)c1. The molecule has 0 radical (unpaired) electrons. The van der Waals surface area contributed by atoms with Gasteiger partial charge in [0.15, 0.2) is 11.5 Å². The summed E-state index contributed by atoms with van der Waals surface area (Å²) in [7, 11) is 1.42. The highest BCUT2D eigenvalue weighted by Crippen LogP contribution is 2.26. The minimum absolute atomic E-state index is 0.0154. The number of rotatable bonds is 3. The van der Waals surface area contributed by atoms with E-state index in [9.17, 15) is 9.90 Å². The van der Waals surface area contributed by atoms with Crippen LogP contribution in [0.2, 0.25) is 0 Å². The van der Waals surface area contributed by atoms with Crippen molar-refractivity contribution in [2.75, 3.05) is 12.4 Å². The number of hydrogen-bond donors (Lipinski definition) is 2. The molecule has 2 aromatic rings. The van der Waals surface area contributed by atoms with Crippen molar-refractivity contribution in [2.24, 2.45) is 0 Å². The third kappa shape index (κ3) is 2.90. The Kier molecular flexibility index (Phi) is 3.92. The highest BCUT2D eigenvalue weighted by Gasteiger charge is 2.10. The molecule has 0 aliphatic rings. The van der Waals surface area contributed by atoms with Gasteiger partial charge in [0.25, 0.3) is 5.91 Å². The minimum atomic E-state index is -0.308. The average Bonchev–Trinajstić information content (AvgIpc) is 2.47. The lowest BCUT2D eigenvalue weighted by Gasteiger charge is -2.08. The number of carbonyl (C=O) groups is 1. The second kappa shape index (κ2) is 5.81. The molecule has 0 atom stereocenters. The van der Waals surface area contributed by atoms with Crippen molar-refractivity contribution in [3.8, 4) is 23.8 Å². The monoisotopic (exact) mass is 267 g/mol. The summed E-state index contributed by atoms with van der Waals surface area (Å²) in [6.07, 6.45) is 5.31. The Morgan fingerprint density at radius 1 is 1.30 bits per heavy atom. The summed E-state index contributed by atoms with van der Waals surface area (Å²) in [4.78, 5) is 12.1. The average molecular weight is 267 g/mol. The van der Waals surface area contributed by atoms with E-state index in [1.807, 2.05) is 0 Å². The van der Waals surface area contributed by atoms with E-state index in [-0.39, 0.29) is 17.4 Å². The van der Waals surface area contributed by atoms with Crippen molar-refractivity contribution in [3.05, 3.63) is 53.6 Å². The van der Waals surface area contributed by atoms with Gasteiger partial charge < -0.3 is 15.2 Å². The molecule has 100 valence electrons. The number of phenolic OH excluding ortho intramolecular Hbond substituents is 1. The van der Waals surface area contributed by atoms with Crippen LogP contribution >= 0.6 is 0 Å². The van der Waals surface area contributed by atoms with E-state index in [1.54, 1.807) is 24.3 Å². The molecule has 0 heterocycles. The summed E-state index contributed by atoms with van der Waals surface area (Å²) in [6, 6.07) is 11.4. The van der Waals surface area contributed by atoms with Crippen LogP contribution in [-0.4, -0.2) is 18.1 Å². The van der Waals surface area contributed by atoms with E-state index >= 15 is 0 Å². The topological polar surface area (TPSA) is 58.6 Å². The molecule has 0 spiro atoms. The van der Waals surface area contributed by atoms with Gasteiger partial charge in [0.2, 0.25) is 0 Å². The Labute approximate surface area is 117 Å². The van der Waals surface area contributed by atoms with Crippen LogP contribution in [0, 0.1) is 12.3 Å². The molecule has 0 aromatic heterocycles. The van der Waals surface area contributed by atoms with Crippen molar-refractivity contribution in [2.45, 2.75) is 0 Å². The van der Waals surface area contributed by atoms with Gasteiger partial charge in [-0.3, -0.25) is 4.79 Å². The zero-order chi connectivity index (χ0) is 14.5. The van der Waals surface area contributed by atoms with Gasteiger partial charge in [-0.05, 0) is 36.4 Å². The fourth-order valence-electron chi connectivity index (χ4n) is 1.71. The lowest BCUT2D eigenvalue weighted by Crippen LogP contribution is -2.12. The van der Waals surface area contributed by atoms with Crippen LogP contribution in [0.3, 0.4) is 0 Å². The van der Waals surface area contributed by atoms with E-state index in [1.165, 1.54) is 25.3 Å². The first kappa shape index (κ1) is 13.5. The number of carbonyl (C=O) groups excluding carboxylic acids is 1. The molecule has 0 aliphatic carbocycles. The predicted molar refractivity (Wildman–Crippen MR) is 77.0 cm³/mol. The second-order valence-electron chi connectivity index (χ2n) is 4.07. The second-order valence-corrected chi connectivity index (χ2v) is 4.07. The zero-order valence-corrected chi connectivity index (χ0v) is 10.9. The number of anilines is 1. The molecule has 20 heavy (non-hydrogen) atoms. The van der Waals surface area contributed by atoms with Crippen molar-refractivity contribution >= 4 is 11.6 Å². The number of aromatic hydroxyl groups is 1. The van der Waals surface area contributed by atoms with Crippen LogP contribution in [0.4, 0.5) is 5.69 Å². The summed E-state index contributed by atoms with van der Waals surface area (Å²) < 4.78 is 4.97. The van der Waals surface area contributed by atoms with E-state index in [0.29, 0.717) is 16.8 Å². The Balaban J connectivity index is 2.22. The summed E-state index contributed by atoms with van der Waals surface area (Å²) >= 11 is 0. The van der Waals surface area contributed by atoms with E-state index in [0.717, 1.165) is 0 Å². The molecule has 0 bridgehead atoms. The molecule has 4 heteroatoms. The summed E-state index contributed by atoms with van der Waals surface area (Å²) in [5.74, 6) is 2.42. The van der Waals surface area contributed by atoms with Crippen molar-refractivity contribution in [1.82, 2.24) is 0 Å². The maximum Gasteiger partial charge on any atom is 0.255 e. The molecule has 0 saturated carbocycles. The van der Waals surface area contributed by atoms with Gasteiger partial charge in [-0.15, -0.1) is 6.42 Å². The number of amides is 1. The fourth-order valence-corrected chi connectivity index (χ4v) is 1.71. The zero-order valence-electron chi connectivity index (χ0n) is 10.9.